The summed E-state index contributed by atoms with van der Waals surface area (Å²) < 4.78 is 5.61. The highest BCUT2D eigenvalue weighted by Gasteiger charge is 2.01. The fourth-order valence-electron chi connectivity index (χ4n) is 2.05. The molecule has 3 aromatic rings. The van der Waals surface area contributed by atoms with E-state index in [9.17, 15) is 5.11 Å². The van der Waals surface area contributed by atoms with E-state index < -0.39 is 0 Å². The van der Waals surface area contributed by atoms with Crippen LogP contribution in [-0.2, 0) is 0 Å². The minimum atomic E-state index is 0.236. The monoisotopic (exact) mass is 308 g/mol. The van der Waals surface area contributed by atoms with Gasteiger partial charge in [0.25, 0.3) is 0 Å². The molecule has 0 bridgehead atoms. The third kappa shape index (κ3) is 3.62. The molecule has 2 nitrogen and oxygen atoms in total. The molecular formula is C19H16O2S. The number of hydrogen-bond acceptors (Lipinski definition) is 3. The van der Waals surface area contributed by atoms with E-state index in [1.165, 1.54) is 28.7 Å². The summed E-state index contributed by atoms with van der Waals surface area (Å²) in [6.45, 7) is 2.09. The van der Waals surface area contributed by atoms with Crippen LogP contribution in [0.2, 0.25) is 0 Å². The lowest BCUT2D eigenvalue weighted by Gasteiger charge is -2.06. The Kier molecular flexibility index (Phi) is 4.35. The summed E-state index contributed by atoms with van der Waals surface area (Å²) in [6, 6.07) is 23.5. The number of phenols is 1. The Labute approximate surface area is 134 Å². The molecule has 0 aromatic heterocycles. The van der Waals surface area contributed by atoms with E-state index in [1.807, 2.05) is 12.1 Å². The fourth-order valence-corrected chi connectivity index (χ4v) is 2.60. The van der Waals surface area contributed by atoms with Gasteiger partial charge in [-0.15, -0.1) is 0 Å². The van der Waals surface area contributed by atoms with E-state index in [1.54, 1.807) is 24.3 Å². The molecule has 110 valence electrons. The van der Waals surface area contributed by atoms with Crippen molar-refractivity contribution in [3.8, 4) is 22.6 Å². The van der Waals surface area contributed by atoms with E-state index in [-0.39, 0.29) is 5.75 Å². The summed E-state index contributed by atoms with van der Waals surface area (Å²) in [7, 11) is 0. The van der Waals surface area contributed by atoms with E-state index >= 15 is 0 Å². The van der Waals surface area contributed by atoms with E-state index in [0.717, 1.165) is 4.90 Å². The Morgan fingerprint density at radius 2 is 1.27 bits per heavy atom. The Balaban J connectivity index is 1.66. The highest BCUT2D eigenvalue weighted by molar-refractivity contribution is 7.95. The molecule has 0 aliphatic rings. The van der Waals surface area contributed by atoms with Crippen LogP contribution in [0.15, 0.2) is 77.7 Å². The Morgan fingerprint density at radius 3 is 1.86 bits per heavy atom. The summed E-state index contributed by atoms with van der Waals surface area (Å²) in [5.74, 6) is 0.949. The van der Waals surface area contributed by atoms with Crippen molar-refractivity contribution in [2.24, 2.45) is 0 Å². The van der Waals surface area contributed by atoms with Gasteiger partial charge in [0.05, 0.1) is 12.0 Å². The number of benzene rings is 3. The molecule has 0 saturated heterocycles. The van der Waals surface area contributed by atoms with Crippen molar-refractivity contribution in [1.29, 1.82) is 0 Å². The topological polar surface area (TPSA) is 29.5 Å². The molecule has 3 aromatic carbocycles. The molecule has 22 heavy (non-hydrogen) atoms. The number of aromatic hydroxyl groups is 1. The lowest BCUT2D eigenvalue weighted by molar-refractivity contribution is 0.474. The van der Waals surface area contributed by atoms with Crippen LogP contribution < -0.4 is 4.18 Å². The lowest BCUT2D eigenvalue weighted by atomic mass is 10.0. The quantitative estimate of drug-likeness (QED) is 0.649. The normalized spacial score (nSPS) is 10.4. The molecule has 0 heterocycles. The largest absolute Gasteiger partial charge is 0.508 e. The van der Waals surface area contributed by atoms with Gasteiger partial charge in [-0.2, -0.15) is 0 Å². The third-order valence-electron chi connectivity index (χ3n) is 3.31. The molecule has 3 rings (SSSR count). The number of phenolic OH excluding ortho intramolecular Hbond substituents is 1. The second-order valence-corrected chi connectivity index (χ2v) is 5.86. The van der Waals surface area contributed by atoms with Gasteiger partial charge in [-0.25, -0.2) is 0 Å². The standard InChI is InChI=1S/C19H16O2S/c1-14-2-4-15(5-3-14)16-6-12-19(13-7-16)22-21-18-10-8-17(20)9-11-18/h2-13,20H,1H3. The first-order chi connectivity index (χ1) is 10.7. The second-order valence-electron chi connectivity index (χ2n) is 5.05. The molecular weight excluding hydrogens is 292 g/mol. The van der Waals surface area contributed by atoms with Crippen LogP contribution in [0.5, 0.6) is 11.5 Å². The summed E-state index contributed by atoms with van der Waals surface area (Å²) in [5, 5.41) is 9.24. The SMILES string of the molecule is Cc1ccc(-c2ccc(SOc3ccc(O)cc3)cc2)cc1. The zero-order valence-electron chi connectivity index (χ0n) is 12.2. The van der Waals surface area contributed by atoms with Gasteiger partial charge in [-0.3, -0.25) is 0 Å². The Morgan fingerprint density at radius 1 is 0.727 bits per heavy atom. The Hall–Kier alpha value is -2.39. The van der Waals surface area contributed by atoms with Gasteiger partial charge >= 0.3 is 0 Å². The van der Waals surface area contributed by atoms with Crippen LogP contribution in [-0.4, -0.2) is 5.11 Å². The first kappa shape index (κ1) is 14.5. The predicted octanol–water partition coefficient (Wildman–Crippen LogP) is 5.45. The van der Waals surface area contributed by atoms with Crippen molar-refractivity contribution in [1.82, 2.24) is 0 Å². The summed E-state index contributed by atoms with van der Waals surface area (Å²) in [5.41, 5.74) is 3.66. The highest BCUT2D eigenvalue weighted by Crippen LogP contribution is 2.27. The summed E-state index contributed by atoms with van der Waals surface area (Å²) >= 11 is 1.30. The molecule has 0 amide bonds. The molecule has 0 spiro atoms. The smallest absolute Gasteiger partial charge is 0.138 e. The van der Waals surface area contributed by atoms with Crippen molar-refractivity contribution in [2.75, 3.05) is 0 Å². The van der Waals surface area contributed by atoms with Crippen LogP contribution in [0, 0.1) is 6.92 Å². The van der Waals surface area contributed by atoms with Crippen molar-refractivity contribution in [2.45, 2.75) is 11.8 Å². The maximum atomic E-state index is 9.24. The van der Waals surface area contributed by atoms with Gasteiger partial charge in [0, 0.05) is 4.90 Å². The zero-order valence-corrected chi connectivity index (χ0v) is 13.0. The van der Waals surface area contributed by atoms with Gasteiger partial charge in [0.1, 0.15) is 11.5 Å². The van der Waals surface area contributed by atoms with Crippen molar-refractivity contribution < 1.29 is 9.29 Å². The molecule has 0 saturated carbocycles. The average molecular weight is 308 g/mol. The molecule has 0 atom stereocenters. The summed E-state index contributed by atoms with van der Waals surface area (Å²) in [4.78, 5) is 1.03. The lowest BCUT2D eigenvalue weighted by Crippen LogP contribution is -1.83. The first-order valence-corrected chi connectivity index (χ1v) is 7.75. The van der Waals surface area contributed by atoms with Crippen LogP contribution >= 0.6 is 12.0 Å². The third-order valence-corrected chi connectivity index (χ3v) is 4.05. The molecule has 0 aliphatic carbocycles. The predicted molar refractivity (Wildman–Crippen MR) is 91.2 cm³/mol. The van der Waals surface area contributed by atoms with Crippen molar-refractivity contribution in [3.63, 3.8) is 0 Å². The molecule has 3 heteroatoms. The number of hydrogen-bond donors (Lipinski definition) is 1. The maximum absolute atomic E-state index is 9.24. The maximum Gasteiger partial charge on any atom is 0.138 e. The molecule has 0 fully saturated rings. The fraction of sp³-hybridized carbons (Fsp3) is 0.0526. The second kappa shape index (κ2) is 6.58. The first-order valence-electron chi connectivity index (χ1n) is 7.01. The van der Waals surface area contributed by atoms with E-state index in [2.05, 4.69) is 43.3 Å². The number of rotatable bonds is 4. The minimum absolute atomic E-state index is 0.236. The van der Waals surface area contributed by atoms with Crippen LogP contribution in [0.4, 0.5) is 0 Å². The molecule has 0 radical (unpaired) electrons. The number of aryl methyl sites for hydroxylation is 1. The van der Waals surface area contributed by atoms with Crippen molar-refractivity contribution >= 4 is 12.0 Å². The van der Waals surface area contributed by atoms with Gasteiger partial charge in [-0.05, 0) is 54.4 Å². The molecule has 0 aliphatic heterocycles. The Bertz CT molecular complexity index is 732. The van der Waals surface area contributed by atoms with Gasteiger partial charge in [0.15, 0.2) is 0 Å². The van der Waals surface area contributed by atoms with E-state index in [0.29, 0.717) is 5.75 Å². The van der Waals surface area contributed by atoms with E-state index in [4.69, 9.17) is 4.18 Å². The molecule has 0 unspecified atom stereocenters. The highest BCUT2D eigenvalue weighted by atomic mass is 32.2. The van der Waals surface area contributed by atoms with Crippen LogP contribution in [0.3, 0.4) is 0 Å². The minimum Gasteiger partial charge on any atom is -0.508 e. The van der Waals surface area contributed by atoms with Gasteiger partial charge < -0.3 is 9.29 Å². The van der Waals surface area contributed by atoms with Crippen molar-refractivity contribution in [3.05, 3.63) is 78.4 Å². The molecule has 1 N–H and O–H groups in total. The van der Waals surface area contributed by atoms with Crippen LogP contribution in [0.1, 0.15) is 5.56 Å². The van der Waals surface area contributed by atoms with Crippen LogP contribution in [0.25, 0.3) is 11.1 Å². The zero-order chi connectivity index (χ0) is 15.4. The summed E-state index contributed by atoms with van der Waals surface area (Å²) in [6.07, 6.45) is 0. The van der Waals surface area contributed by atoms with Gasteiger partial charge in [0.2, 0.25) is 0 Å². The van der Waals surface area contributed by atoms with Gasteiger partial charge in [-0.1, -0.05) is 42.0 Å². The average Bonchev–Trinajstić information content (AvgIpc) is 2.56.